The Labute approximate surface area is 143 Å². The number of ether oxygens (including phenoxy) is 1. The number of carbonyl (C=O) groups excluding carboxylic acids is 2. The highest BCUT2D eigenvalue weighted by Crippen LogP contribution is 2.57. The molecule has 5 unspecified atom stereocenters. The van der Waals surface area contributed by atoms with E-state index in [1.165, 1.54) is 0 Å². The average Bonchev–Trinajstić information content (AvgIpc) is 2.91. The van der Waals surface area contributed by atoms with Crippen LogP contribution in [0.25, 0.3) is 0 Å². The van der Waals surface area contributed by atoms with Gasteiger partial charge in [0.2, 0.25) is 0 Å². The number of unbranched alkanes of at least 4 members (excludes halogenated alkanes) is 1. The van der Waals surface area contributed by atoms with Gasteiger partial charge in [0.05, 0.1) is 0 Å². The first-order chi connectivity index (χ1) is 11.3. The highest BCUT2D eigenvalue weighted by Gasteiger charge is 2.68. The van der Waals surface area contributed by atoms with Gasteiger partial charge in [-0.1, -0.05) is 39.0 Å². The average molecular weight is 330 g/mol. The third-order valence-electron chi connectivity index (χ3n) is 6.23. The lowest BCUT2D eigenvalue weighted by molar-refractivity contribution is -0.166. The topological polar surface area (TPSA) is 63.6 Å². The van der Waals surface area contributed by atoms with Crippen LogP contribution in [-0.2, 0) is 14.3 Å². The summed E-state index contributed by atoms with van der Waals surface area (Å²) in [7, 11) is 0. The molecule has 1 saturated carbocycles. The molecule has 1 heterocycles. The van der Waals surface area contributed by atoms with Crippen LogP contribution in [0.4, 0.5) is 0 Å². The summed E-state index contributed by atoms with van der Waals surface area (Å²) in [6, 6.07) is 0. The SMILES string of the molecule is C=C1C(=O)OC2C1CCC(C)C1(O)C=C(C=CCCC)C(=O)C21C. The van der Waals surface area contributed by atoms with Gasteiger partial charge in [-0.15, -0.1) is 0 Å². The van der Waals surface area contributed by atoms with E-state index in [1.807, 2.05) is 13.0 Å². The maximum atomic E-state index is 13.2. The molecular weight excluding hydrogens is 304 g/mol. The van der Waals surface area contributed by atoms with Crippen LogP contribution in [-0.4, -0.2) is 28.6 Å². The molecule has 0 spiro atoms. The van der Waals surface area contributed by atoms with Gasteiger partial charge in [-0.2, -0.15) is 0 Å². The van der Waals surface area contributed by atoms with Gasteiger partial charge in [0, 0.05) is 17.1 Å². The van der Waals surface area contributed by atoms with E-state index in [4.69, 9.17) is 4.74 Å². The van der Waals surface area contributed by atoms with E-state index in [2.05, 4.69) is 13.5 Å². The molecule has 2 aliphatic carbocycles. The molecule has 0 bridgehead atoms. The number of esters is 1. The summed E-state index contributed by atoms with van der Waals surface area (Å²) in [5.74, 6) is -0.870. The molecule has 1 aliphatic heterocycles. The number of carbonyl (C=O) groups is 2. The van der Waals surface area contributed by atoms with E-state index in [0.717, 1.165) is 19.3 Å². The maximum absolute atomic E-state index is 13.2. The molecule has 3 aliphatic rings. The summed E-state index contributed by atoms with van der Waals surface area (Å²) in [5.41, 5.74) is -1.51. The smallest absolute Gasteiger partial charge is 0.334 e. The summed E-state index contributed by atoms with van der Waals surface area (Å²) >= 11 is 0. The number of hydrogen-bond acceptors (Lipinski definition) is 4. The van der Waals surface area contributed by atoms with Crippen LogP contribution in [0.1, 0.15) is 46.5 Å². The molecule has 4 nitrogen and oxygen atoms in total. The second-order valence-corrected chi connectivity index (χ2v) is 7.58. The zero-order valence-electron chi connectivity index (χ0n) is 14.7. The van der Waals surface area contributed by atoms with Gasteiger partial charge in [0.1, 0.15) is 17.1 Å². The molecule has 130 valence electrons. The monoisotopic (exact) mass is 330 g/mol. The molecule has 24 heavy (non-hydrogen) atoms. The van der Waals surface area contributed by atoms with Crippen molar-refractivity contribution in [2.45, 2.75) is 58.2 Å². The predicted molar refractivity (Wildman–Crippen MR) is 91.1 cm³/mol. The fourth-order valence-corrected chi connectivity index (χ4v) is 4.55. The van der Waals surface area contributed by atoms with Crippen molar-refractivity contribution in [1.82, 2.24) is 0 Å². The van der Waals surface area contributed by atoms with E-state index in [1.54, 1.807) is 19.1 Å². The van der Waals surface area contributed by atoms with Gasteiger partial charge in [0.15, 0.2) is 5.78 Å². The third kappa shape index (κ3) is 2.08. The molecule has 2 fully saturated rings. The number of ketones is 1. The van der Waals surface area contributed by atoms with Crippen LogP contribution in [0.15, 0.2) is 36.0 Å². The van der Waals surface area contributed by atoms with Gasteiger partial charge in [-0.05, 0) is 38.2 Å². The Bertz CT molecular complexity index is 659. The molecule has 1 saturated heterocycles. The Morgan fingerprint density at radius 2 is 2.12 bits per heavy atom. The highest BCUT2D eigenvalue weighted by molar-refractivity contribution is 6.07. The normalized spacial score (nSPS) is 41.9. The van der Waals surface area contributed by atoms with Crippen molar-refractivity contribution in [3.63, 3.8) is 0 Å². The predicted octanol–water partition coefficient (Wildman–Crippen LogP) is 3.12. The quantitative estimate of drug-likeness (QED) is 0.638. The molecule has 0 aromatic carbocycles. The number of allylic oxidation sites excluding steroid dienone is 3. The minimum atomic E-state index is -1.31. The number of aliphatic hydroxyl groups is 1. The Morgan fingerprint density at radius 1 is 1.42 bits per heavy atom. The van der Waals surface area contributed by atoms with E-state index in [9.17, 15) is 14.7 Å². The Kier molecular flexibility index (Phi) is 4.07. The number of Topliss-reactive ketones (excluding diaryl/α,β-unsaturated/α-hetero) is 1. The molecule has 0 radical (unpaired) electrons. The summed E-state index contributed by atoms with van der Waals surface area (Å²) in [6.45, 7) is 9.65. The number of hydrogen-bond donors (Lipinski definition) is 1. The second kappa shape index (κ2) is 5.69. The zero-order chi connectivity index (χ0) is 17.7. The third-order valence-corrected chi connectivity index (χ3v) is 6.23. The van der Waals surface area contributed by atoms with Crippen molar-refractivity contribution < 1.29 is 19.4 Å². The lowest BCUT2D eigenvalue weighted by Gasteiger charge is -2.43. The van der Waals surface area contributed by atoms with Gasteiger partial charge >= 0.3 is 5.97 Å². The highest BCUT2D eigenvalue weighted by atomic mass is 16.6. The Balaban J connectivity index is 2.07. The van der Waals surface area contributed by atoms with Crippen molar-refractivity contribution in [3.8, 4) is 0 Å². The van der Waals surface area contributed by atoms with Crippen LogP contribution in [0.5, 0.6) is 0 Å². The Morgan fingerprint density at radius 3 is 2.79 bits per heavy atom. The molecule has 0 aromatic heterocycles. The van der Waals surface area contributed by atoms with E-state index >= 15 is 0 Å². The standard InChI is InChI=1S/C20H26O4/c1-5-6-7-8-14-11-20(23)12(2)9-10-15-13(3)18(22)24-17(15)19(20,4)16(14)21/h7-8,11-12,15,17,23H,3,5-6,9-10H2,1-2,4H3. The molecule has 3 rings (SSSR count). The first kappa shape index (κ1) is 17.2. The fourth-order valence-electron chi connectivity index (χ4n) is 4.55. The van der Waals surface area contributed by atoms with Gasteiger partial charge in [-0.25, -0.2) is 4.79 Å². The van der Waals surface area contributed by atoms with Gasteiger partial charge in [-0.3, -0.25) is 4.79 Å². The number of rotatable bonds is 3. The van der Waals surface area contributed by atoms with Crippen LogP contribution < -0.4 is 0 Å². The number of fused-ring (bicyclic) bond motifs is 3. The minimum Gasteiger partial charge on any atom is -0.457 e. The maximum Gasteiger partial charge on any atom is 0.334 e. The molecule has 5 atom stereocenters. The van der Waals surface area contributed by atoms with Gasteiger partial charge in [0.25, 0.3) is 0 Å². The molecule has 0 amide bonds. The molecule has 1 N–H and O–H groups in total. The fraction of sp³-hybridized carbons (Fsp3) is 0.600. The van der Waals surface area contributed by atoms with E-state index < -0.39 is 23.1 Å². The minimum absolute atomic E-state index is 0.0966. The van der Waals surface area contributed by atoms with Crippen LogP contribution in [0.3, 0.4) is 0 Å². The first-order valence-corrected chi connectivity index (χ1v) is 8.83. The summed E-state index contributed by atoms with van der Waals surface area (Å²) < 4.78 is 5.56. The van der Waals surface area contributed by atoms with Crippen molar-refractivity contribution in [3.05, 3.63) is 36.0 Å². The van der Waals surface area contributed by atoms with Gasteiger partial charge < -0.3 is 9.84 Å². The van der Waals surface area contributed by atoms with Crippen molar-refractivity contribution >= 4 is 11.8 Å². The van der Waals surface area contributed by atoms with E-state index in [0.29, 0.717) is 17.6 Å². The lowest BCUT2D eigenvalue weighted by atomic mass is 9.64. The zero-order valence-corrected chi connectivity index (χ0v) is 14.7. The Hall–Kier alpha value is -1.68. The van der Waals surface area contributed by atoms with Crippen LogP contribution in [0.2, 0.25) is 0 Å². The van der Waals surface area contributed by atoms with Crippen molar-refractivity contribution in [2.24, 2.45) is 17.3 Å². The first-order valence-electron chi connectivity index (χ1n) is 8.83. The van der Waals surface area contributed by atoms with Crippen molar-refractivity contribution in [2.75, 3.05) is 0 Å². The molecular formula is C20H26O4. The summed E-state index contributed by atoms with van der Waals surface area (Å²) in [4.78, 5) is 25.2. The summed E-state index contributed by atoms with van der Waals surface area (Å²) in [6.07, 6.45) is 8.12. The largest absolute Gasteiger partial charge is 0.457 e. The summed E-state index contributed by atoms with van der Waals surface area (Å²) in [5, 5.41) is 11.5. The van der Waals surface area contributed by atoms with E-state index in [-0.39, 0.29) is 17.6 Å². The van der Waals surface area contributed by atoms with Crippen molar-refractivity contribution in [1.29, 1.82) is 0 Å². The molecule has 4 heteroatoms. The van der Waals surface area contributed by atoms with Crippen LogP contribution in [0, 0.1) is 17.3 Å². The lowest BCUT2D eigenvalue weighted by Crippen LogP contribution is -2.56. The molecule has 0 aromatic rings. The van der Waals surface area contributed by atoms with Crippen LogP contribution >= 0.6 is 0 Å². The second-order valence-electron chi connectivity index (χ2n) is 7.58.